The number of halogens is 3. The Morgan fingerprint density at radius 2 is 1.79 bits per heavy atom. The van der Waals surface area contributed by atoms with Gasteiger partial charge in [0, 0.05) is 15.6 Å². The molecule has 0 radical (unpaired) electrons. The van der Waals surface area contributed by atoms with Crippen LogP contribution in [-0.4, -0.2) is 13.1 Å². The van der Waals surface area contributed by atoms with Crippen LogP contribution in [0.15, 0.2) is 36.4 Å². The molecule has 0 N–H and O–H groups in total. The number of esters is 1. The van der Waals surface area contributed by atoms with Crippen LogP contribution in [0.25, 0.3) is 11.1 Å². The van der Waals surface area contributed by atoms with E-state index in [4.69, 9.17) is 23.2 Å². The lowest BCUT2D eigenvalue weighted by molar-refractivity contribution is 0.0601. The van der Waals surface area contributed by atoms with Crippen LogP contribution in [0.4, 0.5) is 4.39 Å². The number of carbonyl (C=O) groups is 1. The number of benzene rings is 2. The zero-order valence-corrected chi connectivity index (χ0v) is 11.4. The van der Waals surface area contributed by atoms with Gasteiger partial charge >= 0.3 is 5.97 Å². The van der Waals surface area contributed by atoms with Gasteiger partial charge in [-0.05, 0) is 35.9 Å². The summed E-state index contributed by atoms with van der Waals surface area (Å²) in [7, 11) is 1.24. The molecular formula is C14H9Cl2FO2. The lowest BCUT2D eigenvalue weighted by atomic mass is 9.99. The lowest BCUT2D eigenvalue weighted by Crippen LogP contribution is -2.05. The van der Waals surface area contributed by atoms with Gasteiger partial charge in [-0.1, -0.05) is 29.3 Å². The molecule has 0 amide bonds. The third kappa shape index (κ3) is 2.88. The normalized spacial score (nSPS) is 10.3. The van der Waals surface area contributed by atoms with Gasteiger partial charge < -0.3 is 4.74 Å². The summed E-state index contributed by atoms with van der Waals surface area (Å²) < 4.78 is 18.6. The van der Waals surface area contributed by atoms with Gasteiger partial charge in [-0.3, -0.25) is 0 Å². The average Bonchev–Trinajstić information content (AvgIpc) is 2.36. The Morgan fingerprint density at radius 3 is 2.37 bits per heavy atom. The number of rotatable bonds is 2. The maximum atomic E-state index is 14.0. The van der Waals surface area contributed by atoms with E-state index in [1.54, 1.807) is 0 Å². The molecule has 0 heterocycles. The summed E-state index contributed by atoms with van der Waals surface area (Å²) in [4.78, 5) is 11.7. The Balaban J connectivity index is 2.70. The zero-order chi connectivity index (χ0) is 14.0. The van der Waals surface area contributed by atoms with E-state index in [0.717, 1.165) is 0 Å². The Kier molecular flexibility index (Phi) is 4.08. The van der Waals surface area contributed by atoms with Crippen LogP contribution < -0.4 is 0 Å². The molecular weight excluding hydrogens is 290 g/mol. The van der Waals surface area contributed by atoms with E-state index in [2.05, 4.69) is 4.74 Å². The molecule has 0 unspecified atom stereocenters. The molecule has 0 atom stereocenters. The van der Waals surface area contributed by atoms with Crippen molar-refractivity contribution in [1.82, 2.24) is 0 Å². The highest BCUT2D eigenvalue weighted by Gasteiger charge is 2.17. The predicted octanol–water partition coefficient (Wildman–Crippen LogP) is 4.59. The SMILES string of the molecule is COC(=O)c1cccc(F)c1-c1cc(Cl)cc(Cl)c1. The number of methoxy groups -OCH3 is 1. The third-order valence-corrected chi connectivity index (χ3v) is 3.01. The Morgan fingerprint density at radius 1 is 1.16 bits per heavy atom. The Labute approximate surface area is 119 Å². The highest BCUT2D eigenvalue weighted by molar-refractivity contribution is 6.35. The van der Waals surface area contributed by atoms with Gasteiger partial charge in [0.1, 0.15) is 5.82 Å². The monoisotopic (exact) mass is 298 g/mol. The van der Waals surface area contributed by atoms with Gasteiger partial charge in [0.25, 0.3) is 0 Å². The van der Waals surface area contributed by atoms with Crippen molar-refractivity contribution in [2.75, 3.05) is 7.11 Å². The summed E-state index contributed by atoms with van der Waals surface area (Å²) in [6, 6.07) is 8.80. The van der Waals surface area contributed by atoms with Crippen molar-refractivity contribution in [3.05, 3.63) is 57.8 Å². The van der Waals surface area contributed by atoms with Crippen LogP contribution in [0.3, 0.4) is 0 Å². The van der Waals surface area contributed by atoms with Crippen molar-refractivity contribution in [3.63, 3.8) is 0 Å². The molecule has 0 bridgehead atoms. The second kappa shape index (κ2) is 5.59. The smallest absolute Gasteiger partial charge is 0.338 e. The largest absolute Gasteiger partial charge is 0.465 e. The molecule has 19 heavy (non-hydrogen) atoms. The van der Waals surface area contributed by atoms with Crippen LogP contribution in [-0.2, 0) is 4.74 Å². The van der Waals surface area contributed by atoms with E-state index in [9.17, 15) is 9.18 Å². The first-order chi connectivity index (χ1) is 9.02. The van der Waals surface area contributed by atoms with Gasteiger partial charge in [0.15, 0.2) is 0 Å². The fraction of sp³-hybridized carbons (Fsp3) is 0.0714. The summed E-state index contributed by atoms with van der Waals surface area (Å²) in [6.45, 7) is 0. The standard InChI is InChI=1S/C14H9Cl2FO2/c1-19-14(18)11-3-2-4-12(17)13(11)8-5-9(15)7-10(16)6-8/h2-7H,1H3. The van der Waals surface area contributed by atoms with E-state index in [-0.39, 0.29) is 11.1 Å². The molecule has 2 nitrogen and oxygen atoms in total. The van der Waals surface area contributed by atoms with Crippen molar-refractivity contribution in [2.45, 2.75) is 0 Å². The molecule has 0 spiro atoms. The maximum Gasteiger partial charge on any atom is 0.338 e. The third-order valence-electron chi connectivity index (χ3n) is 2.57. The molecule has 0 saturated heterocycles. The van der Waals surface area contributed by atoms with Crippen LogP contribution in [0, 0.1) is 5.82 Å². The van der Waals surface area contributed by atoms with E-state index >= 15 is 0 Å². The highest BCUT2D eigenvalue weighted by atomic mass is 35.5. The first-order valence-corrected chi connectivity index (χ1v) is 6.12. The van der Waals surface area contributed by atoms with Gasteiger partial charge in [0.05, 0.1) is 12.7 Å². The summed E-state index contributed by atoms with van der Waals surface area (Å²) in [5.74, 6) is -1.16. The molecule has 0 aromatic heterocycles. The minimum atomic E-state index is -0.620. The average molecular weight is 299 g/mol. The first kappa shape index (κ1) is 13.8. The van der Waals surface area contributed by atoms with Gasteiger partial charge in [-0.15, -0.1) is 0 Å². The van der Waals surface area contributed by atoms with E-state index in [0.29, 0.717) is 15.6 Å². The van der Waals surface area contributed by atoms with Crippen molar-refractivity contribution in [1.29, 1.82) is 0 Å². The van der Waals surface area contributed by atoms with Crippen LogP contribution in [0.2, 0.25) is 10.0 Å². The van der Waals surface area contributed by atoms with E-state index in [1.807, 2.05) is 0 Å². The molecule has 2 rings (SSSR count). The minimum absolute atomic E-state index is 0.124. The minimum Gasteiger partial charge on any atom is -0.465 e. The summed E-state index contributed by atoms with van der Waals surface area (Å²) in [5.41, 5.74) is 0.676. The second-order valence-electron chi connectivity index (χ2n) is 3.81. The van der Waals surface area contributed by atoms with E-state index < -0.39 is 11.8 Å². The molecule has 0 aliphatic heterocycles. The topological polar surface area (TPSA) is 26.3 Å². The fourth-order valence-electron chi connectivity index (χ4n) is 1.80. The molecule has 0 fully saturated rings. The van der Waals surface area contributed by atoms with Gasteiger partial charge in [0.2, 0.25) is 0 Å². The van der Waals surface area contributed by atoms with E-state index in [1.165, 1.54) is 43.5 Å². The van der Waals surface area contributed by atoms with Gasteiger partial charge in [-0.2, -0.15) is 0 Å². The molecule has 5 heteroatoms. The van der Waals surface area contributed by atoms with Crippen molar-refractivity contribution < 1.29 is 13.9 Å². The first-order valence-electron chi connectivity index (χ1n) is 5.36. The number of ether oxygens (including phenoxy) is 1. The number of carbonyl (C=O) groups excluding carboxylic acids is 1. The molecule has 98 valence electrons. The van der Waals surface area contributed by atoms with Crippen molar-refractivity contribution >= 4 is 29.2 Å². The summed E-state index contributed by atoms with van der Waals surface area (Å²) in [6.07, 6.45) is 0. The van der Waals surface area contributed by atoms with Gasteiger partial charge in [-0.25, -0.2) is 9.18 Å². The van der Waals surface area contributed by atoms with Crippen LogP contribution in [0.5, 0.6) is 0 Å². The lowest BCUT2D eigenvalue weighted by Gasteiger charge is -2.10. The summed E-state index contributed by atoms with van der Waals surface area (Å²) >= 11 is 11.8. The predicted molar refractivity (Wildman–Crippen MR) is 73.2 cm³/mol. The number of hydrogen-bond donors (Lipinski definition) is 0. The maximum absolute atomic E-state index is 14.0. The molecule has 0 aliphatic rings. The quantitative estimate of drug-likeness (QED) is 0.758. The van der Waals surface area contributed by atoms with Crippen LogP contribution in [0.1, 0.15) is 10.4 Å². The van der Waals surface area contributed by atoms with Crippen LogP contribution >= 0.6 is 23.2 Å². The number of hydrogen-bond acceptors (Lipinski definition) is 2. The van der Waals surface area contributed by atoms with Crippen molar-refractivity contribution in [3.8, 4) is 11.1 Å². The Hall–Kier alpha value is -1.58. The van der Waals surface area contributed by atoms with Crippen molar-refractivity contribution in [2.24, 2.45) is 0 Å². The zero-order valence-electron chi connectivity index (χ0n) is 9.91. The molecule has 0 saturated carbocycles. The second-order valence-corrected chi connectivity index (χ2v) is 4.68. The fourth-order valence-corrected chi connectivity index (χ4v) is 2.32. The molecule has 2 aromatic carbocycles. The molecule has 2 aromatic rings. The Bertz CT molecular complexity index is 621. The highest BCUT2D eigenvalue weighted by Crippen LogP contribution is 2.31. The molecule has 0 aliphatic carbocycles. The summed E-state index contributed by atoms with van der Waals surface area (Å²) in [5, 5.41) is 0.725.